The number of carbonyl (C=O) groups excluding carboxylic acids is 1. The van der Waals surface area contributed by atoms with Gasteiger partial charge in [-0.3, -0.25) is 4.79 Å². The van der Waals surface area contributed by atoms with E-state index in [2.05, 4.69) is 20.1 Å². The van der Waals surface area contributed by atoms with Gasteiger partial charge in [-0.05, 0) is 30.2 Å². The summed E-state index contributed by atoms with van der Waals surface area (Å²) in [6, 6.07) is 1.96. The van der Waals surface area contributed by atoms with E-state index in [9.17, 15) is 9.59 Å². The Morgan fingerprint density at radius 1 is 1.48 bits per heavy atom. The third kappa shape index (κ3) is 3.41. The Kier molecular flexibility index (Phi) is 4.22. The third-order valence-corrected chi connectivity index (χ3v) is 5.03. The average molecular weight is 359 g/mol. The fraction of sp³-hybridized carbons (Fsp3) is 0.375. The molecule has 0 saturated carbocycles. The second-order valence-electron chi connectivity index (χ2n) is 6.14. The highest BCUT2D eigenvalue weighted by molar-refractivity contribution is 7.08. The van der Waals surface area contributed by atoms with Crippen molar-refractivity contribution in [1.82, 2.24) is 25.0 Å². The predicted octanol–water partition coefficient (Wildman–Crippen LogP) is 1.91. The van der Waals surface area contributed by atoms with Gasteiger partial charge in [-0.2, -0.15) is 16.3 Å². The summed E-state index contributed by atoms with van der Waals surface area (Å²) in [4.78, 5) is 34.8. The van der Waals surface area contributed by atoms with Crippen LogP contribution < -0.4 is 5.69 Å². The number of thiophene rings is 1. The SMILES string of the molecule is O=C(c1c[nH]c(=O)[nH]1)N1CCCC(Cc2nc(-c3ccsc3)no2)C1. The van der Waals surface area contributed by atoms with Crippen molar-refractivity contribution in [2.24, 2.45) is 5.92 Å². The molecule has 130 valence electrons. The average Bonchev–Trinajstić information content (AvgIpc) is 3.35. The van der Waals surface area contributed by atoms with Gasteiger partial charge in [-0.15, -0.1) is 0 Å². The molecule has 4 rings (SSSR count). The summed E-state index contributed by atoms with van der Waals surface area (Å²) in [7, 11) is 0. The monoisotopic (exact) mass is 359 g/mol. The molecule has 0 radical (unpaired) electrons. The Balaban J connectivity index is 1.41. The molecule has 0 bridgehead atoms. The van der Waals surface area contributed by atoms with Gasteiger partial charge in [0.1, 0.15) is 5.69 Å². The highest BCUT2D eigenvalue weighted by atomic mass is 32.1. The van der Waals surface area contributed by atoms with E-state index < -0.39 is 0 Å². The van der Waals surface area contributed by atoms with Crippen LogP contribution in [0.1, 0.15) is 29.2 Å². The van der Waals surface area contributed by atoms with Gasteiger partial charge in [0.2, 0.25) is 11.7 Å². The van der Waals surface area contributed by atoms with Crippen molar-refractivity contribution >= 4 is 17.2 Å². The molecule has 0 spiro atoms. The fourth-order valence-electron chi connectivity index (χ4n) is 3.13. The zero-order chi connectivity index (χ0) is 17.2. The number of hydrogen-bond donors (Lipinski definition) is 2. The maximum absolute atomic E-state index is 12.5. The van der Waals surface area contributed by atoms with Crippen LogP contribution in [-0.4, -0.2) is 44.0 Å². The topological polar surface area (TPSA) is 108 Å². The van der Waals surface area contributed by atoms with Crippen molar-refractivity contribution in [3.63, 3.8) is 0 Å². The molecule has 25 heavy (non-hydrogen) atoms. The van der Waals surface area contributed by atoms with Gasteiger partial charge in [0, 0.05) is 36.7 Å². The van der Waals surface area contributed by atoms with E-state index in [1.165, 1.54) is 6.20 Å². The van der Waals surface area contributed by atoms with Gasteiger partial charge >= 0.3 is 5.69 Å². The minimum absolute atomic E-state index is 0.160. The number of likely N-dealkylation sites (tertiary alicyclic amines) is 1. The summed E-state index contributed by atoms with van der Waals surface area (Å²) in [5, 5.41) is 7.98. The van der Waals surface area contributed by atoms with E-state index in [1.807, 2.05) is 16.8 Å². The smallest absolute Gasteiger partial charge is 0.323 e. The molecule has 1 amide bonds. The molecule has 3 aromatic heterocycles. The number of H-pyrrole nitrogens is 2. The zero-order valence-corrected chi connectivity index (χ0v) is 14.2. The third-order valence-electron chi connectivity index (χ3n) is 4.34. The molecule has 3 aromatic rings. The van der Waals surface area contributed by atoms with E-state index in [-0.39, 0.29) is 17.5 Å². The first-order chi connectivity index (χ1) is 12.2. The van der Waals surface area contributed by atoms with Crippen LogP contribution in [-0.2, 0) is 6.42 Å². The normalized spacial score (nSPS) is 17.8. The van der Waals surface area contributed by atoms with Crippen LogP contribution in [0.25, 0.3) is 11.4 Å². The molecule has 4 heterocycles. The minimum Gasteiger partial charge on any atom is -0.339 e. The standard InChI is InChI=1S/C16H17N5O3S/c22-15(12-7-17-16(23)18-12)21-4-1-2-10(8-21)6-13-19-14(20-24-13)11-3-5-25-9-11/h3,5,7,9-10H,1-2,4,6,8H2,(H2,17,18,23). The van der Waals surface area contributed by atoms with Crippen molar-refractivity contribution < 1.29 is 9.32 Å². The van der Waals surface area contributed by atoms with Crippen LogP contribution in [0.4, 0.5) is 0 Å². The first-order valence-corrected chi connectivity index (χ1v) is 9.05. The van der Waals surface area contributed by atoms with Crippen LogP contribution in [0.5, 0.6) is 0 Å². The lowest BCUT2D eigenvalue weighted by Gasteiger charge is -2.31. The lowest BCUT2D eigenvalue weighted by Crippen LogP contribution is -2.40. The zero-order valence-electron chi connectivity index (χ0n) is 13.4. The van der Waals surface area contributed by atoms with Crippen molar-refractivity contribution in [1.29, 1.82) is 0 Å². The van der Waals surface area contributed by atoms with Crippen LogP contribution >= 0.6 is 11.3 Å². The molecule has 0 aliphatic carbocycles. The van der Waals surface area contributed by atoms with E-state index in [1.54, 1.807) is 16.2 Å². The van der Waals surface area contributed by atoms with Crippen LogP contribution in [0, 0.1) is 5.92 Å². The first kappa shape index (κ1) is 15.8. The molecule has 1 saturated heterocycles. The quantitative estimate of drug-likeness (QED) is 0.740. The Morgan fingerprint density at radius 2 is 2.40 bits per heavy atom. The van der Waals surface area contributed by atoms with Crippen LogP contribution in [0.3, 0.4) is 0 Å². The molecule has 1 fully saturated rings. The molecular weight excluding hydrogens is 342 g/mol. The van der Waals surface area contributed by atoms with Crippen molar-refractivity contribution in [3.8, 4) is 11.4 Å². The summed E-state index contributed by atoms with van der Waals surface area (Å²) < 4.78 is 5.36. The number of imidazole rings is 1. The second-order valence-corrected chi connectivity index (χ2v) is 6.92. The fourth-order valence-corrected chi connectivity index (χ4v) is 3.76. The summed E-state index contributed by atoms with van der Waals surface area (Å²) in [5.41, 5.74) is 0.878. The van der Waals surface area contributed by atoms with Crippen molar-refractivity contribution in [2.75, 3.05) is 13.1 Å². The van der Waals surface area contributed by atoms with E-state index in [0.717, 1.165) is 18.4 Å². The summed E-state index contributed by atoms with van der Waals surface area (Å²) in [5.74, 6) is 1.30. The number of hydrogen-bond acceptors (Lipinski definition) is 6. The number of amides is 1. The van der Waals surface area contributed by atoms with Crippen LogP contribution in [0.15, 0.2) is 32.3 Å². The number of piperidine rings is 1. The van der Waals surface area contributed by atoms with E-state index in [4.69, 9.17) is 4.52 Å². The Bertz CT molecular complexity index is 910. The number of nitrogens with one attached hydrogen (secondary N) is 2. The van der Waals surface area contributed by atoms with Gasteiger partial charge in [0.25, 0.3) is 5.91 Å². The van der Waals surface area contributed by atoms with Crippen molar-refractivity contribution in [3.05, 3.63) is 45.1 Å². The van der Waals surface area contributed by atoms with Gasteiger partial charge in [-0.1, -0.05) is 5.16 Å². The largest absolute Gasteiger partial charge is 0.339 e. The molecular formula is C16H17N5O3S. The summed E-state index contributed by atoms with van der Waals surface area (Å²) >= 11 is 1.59. The van der Waals surface area contributed by atoms with Crippen LogP contribution in [0.2, 0.25) is 0 Å². The molecule has 1 aliphatic heterocycles. The molecule has 2 N–H and O–H groups in total. The lowest BCUT2D eigenvalue weighted by atomic mass is 9.94. The molecule has 1 unspecified atom stereocenters. The number of aromatic amines is 2. The maximum atomic E-state index is 12.5. The molecule has 1 aliphatic rings. The Hall–Kier alpha value is -2.68. The molecule has 0 aromatic carbocycles. The minimum atomic E-state index is -0.372. The Morgan fingerprint density at radius 3 is 3.16 bits per heavy atom. The number of nitrogens with zero attached hydrogens (tertiary/aromatic N) is 3. The number of carbonyl (C=O) groups is 1. The summed E-state index contributed by atoms with van der Waals surface area (Å²) in [6.45, 7) is 1.30. The molecule has 8 nitrogen and oxygen atoms in total. The van der Waals surface area contributed by atoms with Gasteiger partial charge < -0.3 is 19.4 Å². The van der Waals surface area contributed by atoms with Crippen molar-refractivity contribution in [2.45, 2.75) is 19.3 Å². The Labute approximate surface area is 146 Å². The number of rotatable bonds is 4. The maximum Gasteiger partial charge on any atom is 0.323 e. The van der Waals surface area contributed by atoms with E-state index in [0.29, 0.717) is 36.9 Å². The second kappa shape index (κ2) is 6.67. The van der Waals surface area contributed by atoms with Gasteiger partial charge in [0.05, 0.1) is 0 Å². The highest BCUT2D eigenvalue weighted by Gasteiger charge is 2.27. The molecule has 9 heteroatoms. The number of aromatic nitrogens is 4. The highest BCUT2D eigenvalue weighted by Crippen LogP contribution is 2.23. The van der Waals surface area contributed by atoms with E-state index >= 15 is 0 Å². The predicted molar refractivity (Wildman–Crippen MR) is 91.4 cm³/mol. The summed E-state index contributed by atoms with van der Waals surface area (Å²) in [6.07, 6.45) is 3.98. The lowest BCUT2D eigenvalue weighted by molar-refractivity contribution is 0.0662. The first-order valence-electron chi connectivity index (χ1n) is 8.11. The molecule has 1 atom stereocenters. The van der Waals surface area contributed by atoms with Gasteiger partial charge in [0.15, 0.2) is 0 Å². The van der Waals surface area contributed by atoms with Gasteiger partial charge in [-0.25, -0.2) is 4.79 Å².